The van der Waals surface area contributed by atoms with Crippen molar-refractivity contribution in [3.8, 4) is 0 Å². The lowest BCUT2D eigenvalue weighted by Crippen LogP contribution is -2.25. The Morgan fingerprint density at radius 3 is 3.13 bits per heavy atom. The van der Waals surface area contributed by atoms with Crippen molar-refractivity contribution in [2.45, 2.75) is 19.8 Å². The lowest BCUT2D eigenvalue weighted by Gasteiger charge is -2.02. The number of aromatic nitrogens is 1. The summed E-state index contributed by atoms with van der Waals surface area (Å²) in [6.07, 6.45) is 8.72. The lowest BCUT2D eigenvalue weighted by molar-refractivity contribution is -0.120. The van der Waals surface area contributed by atoms with Gasteiger partial charge < -0.3 is 5.32 Å². The largest absolute Gasteiger partial charge is 0.356 e. The lowest BCUT2D eigenvalue weighted by atomic mass is 10.2. The van der Waals surface area contributed by atoms with Crippen LogP contribution in [0.25, 0.3) is 0 Å². The number of allylic oxidation sites excluding steroid dienone is 1. The van der Waals surface area contributed by atoms with Crippen LogP contribution < -0.4 is 5.32 Å². The predicted molar refractivity (Wildman–Crippen MR) is 60.4 cm³/mol. The fourth-order valence-corrected chi connectivity index (χ4v) is 1.21. The number of pyridine rings is 1. The first-order valence-corrected chi connectivity index (χ1v) is 5.09. The van der Waals surface area contributed by atoms with Gasteiger partial charge in [0.05, 0.1) is 6.42 Å². The molecule has 0 bridgehead atoms. The number of amides is 1. The Morgan fingerprint density at radius 1 is 1.60 bits per heavy atom. The number of nitrogens with zero attached hydrogens (tertiary/aromatic N) is 1. The zero-order valence-electron chi connectivity index (χ0n) is 8.94. The summed E-state index contributed by atoms with van der Waals surface area (Å²) in [5.74, 6) is 0.0486. The second kappa shape index (κ2) is 6.76. The first-order valence-electron chi connectivity index (χ1n) is 5.09. The number of nitrogens with one attached hydrogen (secondary N) is 1. The van der Waals surface area contributed by atoms with Crippen LogP contribution in [0.3, 0.4) is 0 Å². The van der Waals surface area contributed by atoms with Crippen molar-refractivity contribution in [2.24, 2.45) is 0 Å². The minimum absolute atomic E-state index is 0.0486. The highest BCUT2D eigenvalue weighted by molar-refractivity contribution is 5.78. The molecule has 0 saturated carbocycles. The van der Waals surface area contributed by atoms with Crippen molar-refractivity contribution in [2.75, 3.05) is 6.54 Å². The molecule has 0 fully saturated rings. The molecule has 1 heterocycles. The van der Waals surface area contributed by atoms with Crippen molar-refractivity contribution >= 4 is 5.91 Å². The molecule has 1 rings (SSSR count). The quantitative estimate of drug-likeness (QED) is 0.586. The standard InChI is InChI=1S/C12H16N2O/c1-2-3-4-8-14-12(15)9-11-6-5-7-13-10-11/h2-3,5-7,10H,4,8-9H2,1H3,(H,14,15)/b3-2+. The molecular formula is C12H16N2O. The van der Waals surface area contributed by atoms with Gasteiger partial charge in [-0.3, -0.25) is 9.78 Å². The van der Waals surface area contributed by atoms with Crippen LogP contribution in [0.4, 0.5) is 0 Å². The highest BCUT2D eigenvalue weighted by atomic mass is 16.1. The molecule has 0 radical (unpaired) electrons. The van der Waals surface area contributed by atoms with E-state index in [1.54, 1.807) is 12.4 Å². The number of hydrogen-bond donors (Lipinski definition) is 1. The van der Waals surface area contributed by atoms with E-state index in [0.29, 0.717) is 13.0 Å². The van der Waals surface area contributed by atoms with Gasteiger partial charge in [0, 0.05) is 18.9 Å². The molecule has 0 aliphatic rings. The van der Waals surface area contributed by atoms with Crippen LogP contribution in [0.5, 0.6) is 0 Å². The average Bonchev–Trinajstić information content (AvgIpc) is 2.26. The van der Waals surface area contributed by atoms with Gasteiger partial charge in [0.1, 0.15) is 0 Å². The second-order valence-electron chi connectivity index (χ2n) is 3.25. The summed E-state index contributed by atoms with van der Waals surface area (Å²) in [4.78, 5) is 15.4. The van der Waals surface area contributed by atoms with E-state index in [1.807, 2.05) is 31.2 Å². The van der Waals surface area contributed by atoms with E-state index in [0.717, 1.165) is 12.0 Å². The zero-order chi connectivity index (χ0) is 10.9. The monoisotopic (exact) mass is 204 g/mol. The Bertz CT molecular complexity index is 320. The van der Waals surface area contributed by atoms with E-state index in [2.05, 4.69) is 10.3 Å². The molecular weight excluding hydrogens is 188 g/mol. The van der Waals surface area contributed by atoms with Gasteiger partial charge in [0.2, 0.25) is 5.91 Å². The fraction of sp³-hybridized carbons (Fsp3) is 0.333. The summed E-state index contributed by atoms with van der Waals surface area (Å²) in [6, 6.07) is 3.74. The van der Waals surface area contributed by atoms with Crippen LogP contribution in [-0.4, -0.2) is 17.4 Å². The molecule has 1 N–H and O–H groups in total. The number of rotatable bonds is 5. The SMILES string of the molecule is C/C=C/CCNC(=O)Cc1cccnc1. The van der Waals surface area contributed by atoms with Gasteiger partial charge in [0.15, 0.2) is 0 Å². The molecule has 1 amide bonds. The van der Waals surface area contributed by atoms with E-state index in [-0.39, 0.29) is 5.91 Å². The Labute approximate surface area is 90.2 Å². The average molecular weight is 204 g/mol. The van der Waals surface area contributed by atoms with E-state index >= 15 is 0 Å². The Hall–Kier alpha value is -1.64. The minimum atomic E-state index is 0.0486. The molecule has 1 aromatic rings. The first kappa shape index (κ1) is 11.4. The maximum atomic E-state index is 11.4. The van der Waals surface area contributed by atoms with Crippen LogP contribution in [0, 0.1) is 0 Å². The predicted octanol–water partition coefficient (Wildman–Crippen LogP) is 1.71. The Balaban J connectivity index is 2.25. The fourth-order valence-electron chi connectivity index (χ4n) is 1.21. The van der Waals surface area contributed by atoms with Crippen LogP contribution in [-0.2, 0) is 11.2 Å². The maximum Gasteiger partial charge on any atom is 0.224 e. The molecule has 0 aliphatic carbocycles. The first-order chi connectivity index (χ1) is 7.33. The van der Waals surface area contributed by atoms with Crippen LogP contribution in [0.2, 0.25) is 0 Å². The zero-order valence-corrected chi connectivity index (χ0v) is 8.94. The van der Waals surface area contributed by atoms with Crippen molar-refractivity contribution in [3.05, 3.63) is 42.2 Å². The normalized spacial score (nSPS) is 10.5. The Morgan fingerprint density at radius 2 is 2.47 bits per heavy atom. The molecule has 3 nitrogen and oxygen atoms in total. The molecule has 0 atom stereocenters. The molecule has 0 aliphatic heterocycles. The van der Waals surface area contributed by atoms with Gasteiger partial charge in [0.25, 0.3) is 0 Å². The van der Waals surface area contributed by atoms with Crippen molar-refractivity contribution in [1.82, 2.24) is 10.3 Å². The topological polar surface area (TPSA) is 42.0 Å². The summed E-state index contributed by atoms with van der Waals surface area (Å²) in [5, 5.41) is 2.85. The summed E-state index contributed by atoms with van der Waals surface area (Å²) in [5.41, 5.74) is 0.945. The minimum Gasteiger partial charge on any atom is -0.356 e. The summed E-state index contributed by atoms with van der Waals surface area (Å²) in [6.45, 7) is 2.67. The number of carbonyl (C=O) groups is 1. The number of hydrogen-bond acceptors (Lipinski definition) is 2. The Kier molecular flexibility index (Phi) is 5.15. The molecule has 15 heavy (non-hydrogen) atoms. The molecule has 0 unspecified atom stereocenters. The van der Waals surface area contributed by atoms with Crippen molar-refractivity contribution in [3.63, 3.8) is 0 Å². The van der Waals surface area contributed by atoms with Gasteiger partial charge >= 0.3 is 0 Å². The third-order valence-corrected chi connectivity index (χ3v) is 1.96. The third kappa shape index (κ3) is 4.96. The van der Waals surface area contributed by atoms with E-state index < -0.39 is 0 Å². The molecule has 80 valence electrons. The van der Waals surface area contributed by atoms with Crippen molar-refractivity contribution in [1.29, 1.82) is 0 Å². The van der Waals surface area contributed by atoms with Crippen LogP contribution >= 0.6 is 0 Å². The molecule has 0 aromatic carbocycles. The summed E-state index contributed by atoms with van der Waals surface area (Å²) in [7, 11) is 0. The van der Waals surface area contributed by atoms with Gasteiger partial charge in [-0.25, -0.2) is 0 Å². The molecule has 1 aromatic heterocycles. The van der Waals surface area contributed by atoms with E-state index in [1.165, 1.54) is 0 Å². The van der Waals surface area contributed by atoms with Gasteiger partial charge in [-0.2, -0.15) is 0 Å². The van der Waals surface area contributed by atoms with E-state index in [4.69, 9.17) is 0 Å². The smallest absolute Gasteiger partial charge is 0.224 e. The van der Waals surface area contributed by atoms with E-state index in [9.17, 15) is 4.79 Å². The second-order valence-corrected chi connectivity index (χ2v) is 3.25. The number of carbonyl (C=O) groups excluding carboxylic acids is 1. The third-order valence-electron chi connectivity index (χ3n) is 1.96. The van der Waals surface area contributed by atoms with Gasteiger partial charge in [-0.15, -0.1) is 0 Å². The summed E-state index contributed by atoms with van der Waals surface area (Å²) >= 11 is 0. The molecule has 3 heteroatoms. The maximum absolute atomic E-state index is 11.4. The van der Waals surface area contributed by atoms with Crippen molar-refractivity contribution < 1.29 is 4.79 Å². The van der Waals surface area contributed by atoms with Gasteiger partial charge in [-0.1, -0.05) is 18.2 Å². The highest BCUT2D eigenvalue weighted by Gasteiger charge is 2.01. The summed E-state index contributed by atoms with van der Waals surface area (Å²) < 4.78 is 0. The highest BCUT2D eigenvalue weighted by Crippen LogP contribution is 1.96. The molecule has 0 spiro atoms. The molecule has 0 saturated heterocycles. The van der Waals surface area contributed by atoms with Gasteiger partial charge in [-0.05, 0) is 25.0 Å². The van der Waals surface area contributed by atoms with Crippen LogP contribution in [0.15, 0.2) is 36.7 Å². The van der Waals surface area contributed by atoms with Crippen LogP contribution in [0.1, 0.15) is 18.9 Å².